The first-order chi connectivity index (χ1) is 5.83. The van der Waals surface area contributed by atoms with Crippen molar-refractivity contribution < 1.29 is 9.53 Å². The smallest absolute Gasteiger partial charge is 0.311 e. The van der Waals surface area contributed by atoms with Crippen LogP contribution in [0.1, 0.15) is 6.42 Å². The number of carbonyl (C=O) groups excluding carboxylic acids is 1. The van der Waals surface area contributed by atoms with E-state index >= 15 is 0 Å². The van der Waals surface area contributed by atoms with Crippen LogP contribution in [0.4, 0.5) is 0 Å². The monoisotopic (exact) mass is 276 g/mol. The van der Waals surface area contributed by atoms with E-state index in [0.29, 0.717) is 12.2 Å². The summed E-state index contributed by atoms with van der Waals surface area (Å²) in [5.74, 6) is 0.447. The Morgan fingerprint density at radius 1 is 1.33 bits per heavy atom. The molecule has 12 heavy (non-hydrogen) atoms. The molecule has 0 aromatic heterocycles. The molecule has 0 heterocycles. The molecule has 0 aliphatic carbocycles. The third-order valence-corrected chi connectivity index (χ3v) is 1.81. The van der Waals surface area contributed by atoms with Gasteiger partial charge in [-0.05, 0) is 12.1 Å². The number of halogens is 1. The maximum atomic E-state index is 11.0. The Hall–Kier alpha value is -0.580. The van der Waals surface area contributed by atoms with E-state index in [9.17, 15) is 4.79 Å². The van der Waals surface area contributed by atoms with Crippen LogP contribution in [0.5, 0.6) is 5.75 Å². The summed E-state index contributed by atoms with van der Waals surface area (Å²) in [6.45, 7) is 0. The first kappa shape index (κ1) is 9.51. The normalized spacial score (nSPS) is 9.42. The molecule has 0 amide bonds. The molecule has 1 rings (SSSR count). The molecule has 0 saturated heterocycles. The number of benzene rings is 1. The molecule has 2 nitrogen and oxygen atoms in total. The Kier molecular flexibility index (Phi) is 4.07. The first-order valence-electron chi connectivity index (χ1n) is 3.64. The summed E-state index contributed by atoms with van der Waals surface area (Å²) in [6.07, 6.45) is 0.468. The Labute approximate surface area is 85.1 Å². The molecule has 0 radical (unpaired) electrons. The van der Waals surface area contributed by atoms with Crippen LogP contribution in [0, 0.1) is 0 Å². The molecule has 3 heteroatoms. The fraction of sp³-hybridized carbons (Fsp3) is 0.222. The SMILES string of the molecule is O=C(CCI)Oc1ccccc1. The fourth-order valence-electron chi connectivity index (χ4n) is 0.748. The number of hydrogen-bond donors (Lipinski definition) is 0. The number of alkyl halides is 1. The van der Waals surface area contributed by atoms with Crippen LogP contribution in [-0.4, -0.2) is 10.4 Å². The van der Waals surface area contributed by atoms with Crippen LogP contribution in [0.25, 0.3) is 0 Å². The predicted octanol–water partition coefficient (Wildman–Crippen LogP) is 2.42. The summed E-state index contributed by atoms with van der Waals surface area (Å²) < 4.78 is 5.81. The number of para-hydroxylation sites is 1. The minimum Gasteiger partial charge on any atom is -0.427 e. The van der Waals surface area contributed by atoms with Gasteiger partial charge in [-0.2, -0.15) is 0 Å². The van der Waals surface area contributed by atoms with E-state index in [1.165, 1.54) is 0 Å². The highest BCUT2D eigenvalue weighted by atomic mass is 127. The van der Waals surface area contributed by atoms with Gasteiger partial charge < -0.3 is 4.74 Å². The first-order valence-corrected chi connectivity index (χ1v) is 5.17. The number of ether oxygens (including phenoxy) is 1. The molecule has 1 aromatic rings. The van der Waals surface area contributed by atoms with Gasteiger partial charge in [0.25, 0.3) is 0 Å². The number of rotatable bonds is 3. The van der Waals surface area contributed by atoms with Gasteiger partial charge in [-0.1, -0.05) is 40.8 Å². The molecule has 0 aliphatic heterocycles. The zero-order chi connectivity index (χ0) is 8.81. The van der Waals surface area contributed by atoms with Gasteiger partial charge in [0.2, 0.25) is 0 Å². The quantitative estimate of drug-likeness (QED) is 0.367. The van der Waals surface area contributed by atoms with E-state index in [2.05, 4.69) is 22.6 Å². The van der Waals surface area contributed by atoms with Crippen molar-refractivity contribution in [2.24, 2.45) is 0 Å². The van der Waals surface area contributed by atoms with Gasteiger partial charge in [-0.15, -0.1) is 0 Å². The second-order valence-corrected chi connectivity index (χ2v) is 3.30. The van der Waals surface area contributed by atoms with Crippen molar-refractivity contribution in [2.75, 3.05) is 4.43 Å². The van der Waals surface area contributed by atoms with Gasteiger partial charge in [-0.25, -0.2) is 0 Å². The van der Waals surface area contributed by atoms with Crippen LogP contribution in [-0.2, 0) is 4.79 Å². The van der Waals surface area contributed by atoms with Crippen LogP contribution in [0.2, 0.25) is 0 Å². The van der Waals surface area contributed by atoms with Gasteiger partial charge in [0.1, 0.15) is 5.75 Å². The Morgan fingerprint density at radius 2 is 2.00 bits per heavy atom. The molecule has 0 spiro atoms. The molecular formula is C9H9IO2. The van der Waals surface area contributed by atoms with Gasteiger partial charge in [0.15, 0.2) is 0 Å². The minimum atomic E-state index is -0.171. The second-order valence-electron chi connectivity index (χ2n) is 2.23. The molecule has 0 N–H and O–H groups in total. The van der Waals surface area contributed by atoms with E-state index in [1.54, 1.807) is 12.1 Å². The van der Waals surface area contributed by atoms with Crippen molar-refractivity contribution in [1.29, 1.82) is 0 Å². The van der Waals surface area contributed by atoms with E-state index in [1.807, 2.05) is 18.2 Å². The molecule has 0 aliphatic rings. The van der Waals surface area contributed by atoms with E-state index in [-0.39, 0.29) is 5.97 Å². The highest BCUT2D eigenvalue weighted by Gasteiger charge is 2.01. The third kappa shape index (κ3) is 3.21. The lowest BCUT2D eigenvalue weighted by Gasteiger charge is -2.00. The van der Waals surface area contributed by atoms with Gasteiger partial charge >= 0.3 is 5.97 Å². The van der Waals surface area contributed by atoms with Crippen molar-refractivity contribution in [3.8, 4) is 5.75 Å². The maximum Gasteiger partial charge on any atom is 0.311 e. The highest BCUT2D eigenvalue weighted by molar-refractivity contribution is 14.1. The molecule has 0 fully saturated rings. The van der Waals surface area contributed by atoms with Gasteiger partial charge in [-0.3, -0.25) is 4.79 Å². The fourth-order valence-corrected chi connectivity index (χ4v) is 1.19. The van der Waals surface area contributed by atoms with Crippen molar-refractivity contribution in [1.82, 2.24) is 0 Å². The minimum absolute atomic E-state index is 0.171. The number of esters is 1. The second kappa shape index (κ2) is 5.13. The summed E-state index contributed by atoms with van der Waals surface area (Å²) in [6, 6.07) is 9.10. The van der Waals surface area contributed by atoms with Crippen LogP contribution >= 0.6 is 22.6 Å². The average Bonchev–Trinajstić information content (AvgIpc) is 2.06. The zero-order valence-corrected chi connectivity index (χ0v) is 8.65. The zero-order valence-electron chi connectivity index (χ0n) is 6.50. The summed E-state index contributed by atoms with van der Waals surface area (Å²) in [7, 11) is 0. The van der Waals surface area contributed by atoms with Gasteiger partial charge in [0.05, 0.1) is 6.42 Å². The Balaban J connectivity index is 2.47. The largest absolute Gasteiger partial charge is 0.427 e. The molecule has 0 atom stereocenters. The molecule has 0 unspecified atom stereocenters. The van der Waals surface area contributed by atoms with Crippen LogP contribution in [0.15, 0.2) is 30.3 Å². The summed E-state index contributed by atoms with van der Waals surface area (Å²) in [4.78, 5) is 11.0. The van der Waals surface area contributed by atoms with Crippen LogP contribution in [0.3, 0.4) is 0 Å². The summed E-state index contributed by atoms with van der Waals surface area (Å²) in [5, 5.41) is 0. The summed E-state index contributed by atoms with van der Waals surface area (Å²) in [5.41, 5.74) is 0. The van der Waals surface area contributed by atoms with E-state index in [0.717, 1.165) is 4.43 Å². The molecule has 0 bridgehead atoms. The lowest BCUT2D eigenvalue weighted by Crippen LogP contribution is -2.07. The lowest BCUT2D eigenvalue weighted by molar-refractivity contribution is -0.133. The third-order valence-electron chi connectivity index (χ3n) is 1.27. The predicted molar refractivity (Wildman–Crippen MR) is 55.6 cm³/mol. The number of hydrogen-bond acceptors (Lipinski definition) is 2. The molecular weight excluding hydrogens is 267 g/mol. The van der Waals surface area contributed by atoms with Crippen LogP contribution < -0.4 is 4.74 Å². The maximum absolute atomic E-state index is 11.0. The highest BCUT2D eigenvalue weighted by Crippen LogP contribution is 2.09. The van der Waals surface area contributed by atoms with E-state index in [4.69, 9.17) is 4.74 Å². The molecule has 0 saturated carbocycles. The van der Waals surface area contributed by atoms with Crippen molar-refractivity contribution in [3.63, 3.8) is 0 Å². The summed E-state index contributed by atoms with van der Waals surface area (Å²) >= 11 is 2.14. The lowest BCUT2D eigenvalue weighted by atomic mass is 10.3. The van der Waals surface area contributed by atoms with Crippen molar-refractivity contribution in [2.45, 2.75) is 6.42 Å². The molecule has 64 valence electrons. The average molecular weight is 276 g/mol. The topological polar surface area (TPSA) is 26.3 Å². The van der Waals surface area contributed by atoms with Gasteiger partial charge in [0, 0.05) is 4.43 Å². The van der Waals surface area contributed by atoms with E-state index < -0.39 is 0 Å². The van der Waals surface area contributed by atoms with Crippen molar-refractivity contribution >= 4 is 28.6 Å². The van der Waals surface area contributed by atoms with Crippen molar-refractivity contribution in [3.05, 3.63) is 30.3 Å². The Morgan fingerprint density at radius 3 is 2.58 bits per heavy atom. The Bertz CT molecular complexity index is 246. The standard InChI is InChI=1S/C9H9IO2/c10-7-6-9(11)12-8-4-2-1-3-5-8/h1-5H,6-7H2. The number of carbonyl (C=O) groups is 1. The molecule has 1 aromatic carbocycles.